The molecule has 11 heteroatoms. The van der Waals surface area contributed by atoms with Crippen molar-refractivity contribution in [3.05, 3.63) is 78.6 Å². The number of rotatable bonds is 6. The fourth-order valence-corrected chi connectivity index (χ4v) is 3.45. The molecule has 0 bridgehead atoms. The Labute approximate surface area is 188 Å². The summed E-state index contributed by atoms with van der Waals surface area (Å²) in [7, 11) is 0. The zero-order chi connectivity index (χ0) is 22.8. The molecule has 164 valence electrons. The molecular formula is C20H17F3IN3O4. The Morgan fingerprint density at radius 1 is 1.29 bits per heavy atom. The monoisotopic (exact) mass is 547 g/mol. The topological polar surface area (TPSA) is 97.4 Å². The highest BCUT2D eigenvalue weighted by molar-refractivity contribution is 14.1. The van der Waals surface area contributed by atoms with Crippen LogP contribution in [0.4, 0.5) is 13.2 Å². The van der Waals surface area contributed by atoms with E-state index in [1.165, 1.54) is 18.2 Å². The zero-order valence-corrected chi connectivity index (χ0v) is 18.3. The van der Waals surface area contributed by atoms with E-state index in [4.69, 9.17) is 9.63 Å². The van der Waals surface area contributed by atoms with Crippen molar-refractivity contribution in [3.63, 3.8) is 0 Å². The van der Waals surface area contributed by atoms with E-state index in [2.05, 4.69) is 10.5 Å². The second-order valence-electron chi connectivity index (χ2n) is 6.62. The molecule has 3 rings (SSSR count). The molecule has 0 unspecified atom stereocenters. The standard InChI is InChI=1S/C20H17F3IN3O4/c1-11-17(24)9-16(18(29)25-10-15-8-13(5-6-28)26-31-15)19(30)27(11)14-4-2-3-12(7-14)20(21,22)23/h2-4,7-9,28H,5-6,10H2,1H3,(H,25,29). The number of alkyl halides is 3. The lowest BCUT2D eigenvalue weighted by molar-refractivity contribution is -0.137. The Morgan fingerprint density at radius 2 is 2.03 bits per heavy atom. The van der Waals surface area contributed by atoms with Gasteiger partial charge in [0.25, 0.3) is 11.5 Å². The molecule has 2 heterocycles. The number of carbonyl (C=O) groups is 1. The van der Waals surface area contributed by atoms with E-state index in [9.17, 15) is 22.8 Å². The van der Waals surface area contributed by atoms with Crippen molar-refractivity contribution < 1.29 is 27.6 Å². The third-order valence-corrected chi connectivity index (χ3v) is 5.55. The lowest BCUT2D eigenvalue weighted by atomic mass is 10.1. The first-order valence-corrected chi connectivity index (χ1v) is 10.1. The predicted molar refractivity (Wildman–Crippen MR) is 113 cm³/mol. The first kappa shape index (κ1) is 23.0. The Kier molecular flexibility index (Phi) is 6.84. The number of hydrogen-bond donors (Lipinski definition) is 2. The smallest absolute Gasteiger partial charge is 0.396 e. The summed E-state index contributed by atoms with van der Waals surface area (Å²) in [6.45, 7) is 1.43. The summed E-state index contributed by atoms with van der Waals surface area (Å²) in [6, 6.07) is 7.30. The largest absolute Gasteiger partial charge is 0.416 e. The number of aromatic nitrogens is 2. The molecule has 3 aromatic rings. The summed E-state index contributed by atoms with van der Waals surface area (Å²) in [5.74, 6) is -0.374. The average molecular weight is 547 g/mol. The maximum absolute atomic E-state index is 13.1. The molecule has 0 aliphatic rings. The van der Waals surface area contributed by atoms with Gasteiger partial charge in [-0.1, -0.05) is 11.2 Å². The second kappa shape index (κ2) is 9.22. The number of aliphatic hydroxyl groups is 1. The van der Waals surface area contributed by atoms with Crippen molar-refractivity contribution in [2.75, 3.05) is 6.61 Å². The third kappa shape index (κ3) is 5.15. The summed E-state index contributed by atoms with van der Waals surface area (Å²) in [6.07, 6.45) is -4.27. The fourth-order valence-electron chi connectivity index (χ4n) is 2.90. The van der Waals surface area contributed by atoms with E-state index in [1.807, 2.05) is 22.6 Å². The van der Waals surface area contributed by atoms with Crippen LogP contribution in [-0.2, 0) is 19.1 Å². The van der Waals surface area contributed by atoms with Gasteiger partial charge in [-0.3, -0.25) is 14.2 Å². The van der Waals surface area contributed by atoms with Gasteiger partial charge in [0.05, 0.1) is 17.8 Å². The van der Waals surface area contributed by atoms with E-state index in [1.54, 1.807) is 13.0 Å². The molecule has 0 aliphatic carbocycles. The minimum absolute atomic E-state index is 0.00812. The number of aliphatic hydroxyl groups excluding tert-OH is 1. The lowest BCUT2D eigenvalue weighted by Crippen LogP contribution is -2.33. The summed E-state index contributed by atoms with van der Waals surface area (Å²) in [5.41, 5.74) is -0.927. The van der Waals surface area contributed by atoms with Crippen LogP contribution in [0.3, 0.4) is 0 Å². The number of hydrogen-bond acceptors (Lipinski definition) is 5. The van der Waals surface area contributed by atoms with Gasteiger partial charge < -0.3 is 14.9 Å². The molecule has 2 N–H and O–H groups in total. The Morgan fingerprint density at radius 3 is 2.71 bits per heavy atom. The highest BCUT2D eigenvalue weighted by Gasteiger charge is 2.31. The van der Waals surface area contributed by atoms with Gasteiger partial charge in [-0.15, -0.1) is 0 Å². The zero-order valence-electron chi connectivity index (χ0n) is 16.2. The van der Waals surface area contributed by atoms with E-state index in [0.29, 0.717) is 27.1 Å². The third-order valence-electron chi connectivity index (χ3n) is 4.46. The van der Waals surface area contributed by atoms with Gasteiger partial charge in [-0.25, -0.2) is 0 Å². The Balaban J connectivity index is 1.93. The minimum atomic E-state index is -4.57. The van der Waals surface area contributed by atoms with E-state index >= 15 is 0 Å². The van der Waals surface area contributed by atoms with Gasteiger partial charge >= 0.3 is 6.18 Å². The van der Waals surface area contributed by atoms with Crippen molar-refractivity contribution in [2.45, 2.75) is 26.1 Å². The number of halogens is 4. The Bertz CT molecular complexity index is 1170. The van der Waals surface area contributed by atoms with Crippen LogP contribution in [0.25, 0.3) is 5.69 Å². The first-order chi connectivity index (χ1) is 14.6. The number of pyridine rings is 1. The maximum atomic E-state index is 13.1. The molecule has 1 amide bonds. The van der Waals surface area contributed by atoms with Crippen molar-refractivity contribution in [1.82, 2.24) is 15.0 Å². The highest BCUT2D eigenvalue weighted by atomic mass is 127. The van der Waals surface area contributed by atoms with E-state index < -0.39 is 23.2 Å². The van der Waals surface area contributed by atoms with Gasteiger partial charge in [-0.05, 0) is 53.8 Å². The van der Waals surface area contributed by atoms with Gasteiger partial charge in [0.1, 0.15) is 5.56 Å². The SMILES string of the molecule is Cc1c(I)cc(C(=O)NCc2cc(CCO)no2)c(=O)n1-c1cccc(C(F)(F)F)c1. The lowest BCUT2D eigenvalue weighted by Gasteiger charge is -2.15. The van der Waals surface area contributed by atoms with Crippen molar-refractivity contribution in [3.8, 4) is 5.69 Å². The molecule has 0 atom stereocenters. The maximum Gasteiger partial charge on any atom is 0.416 e. The number of carbonyl (C=O) groups excluding carboxylic acids is 1. The van der Waals surface area contributed by atoms with Crippen molar-refractivity contribution in [2.24, 2.45) is 0 Å². The average Bonchev–Trinajstić information content (AvgIpc) is 3.16. The second-order valence-corrected chi connectivity index (χ2v) is 7.78. The van der Waals surface area contributed by atoms with Crippen LogP contribution in [0.2, 0.25) is 0 Å². The molecule has 0 radical (unpaired) electrons. The van der Waals surface area contributed by atoms with Gasteiger partial charge in [0, 0.05) is 34.0 Å². The highest BCUT2D eigenvalue weighted by Crippen LogP contribution is 2.30. The molecule has 0 saturated carbocycles. The van der Waals surface area contributed by atoms with E-state index in [0.717, 1.165) is 16.7 Å². The van der Waals surface area contributed by atoms with Crippen molar-refractivity contribution in [1.29, 1.82) is 0 Å². The molecule has 31 heavy (non-hydrogen) atoms. The van der Waals surface area contributed by atoms with Crippen LogP contribution in [0.5, 0.6) is 0 Å². The normalized spacial score (nSPS) is 11.5. The number of nitrogens with zero attached hydrogens (tertiary/aromatic N) is 2. The summed E-state index contributed by atoms with van der Waals surface area (Å²) in [4.78, 5) is 25.6. The quantitative estimate of drug-likeness (QED) is 0.463. The molecule has 0 spiro atoms. The van der Waals surface area contributed by atoms with E-state index in [-0.39, 0.29) is 24.4 Å². The molecule has 0 saturated heterocycles. The number of benzene rings is 1. The van der Waals surface area contributed by atoms with Crippen LogP contribution >= 0.6 is 22.6 Å². The van der Waals surface area contributed by atoms with Crippen LogP contribution in [0.15, 0.2) is 45.7 Å². The molecule has 0 fully saturated rings. The van der Waals surface area contributed by atoms with Gasteiger partial charge in [0.15, 0.2) is 5.76 Å². The number of nitrogens with one attached hydrogen (secondary N) is 1. The summed E-state index contributed by atoms with van der Waals surface area (Å²) >= 11 is 1.92. The molecule has 7 nitrogen and oxygen atoms in total. The molecule has 2 aromatic heterocycles. The van der Waals surface area contributed by atoms with Crippen LogP contribution in [0, 0.1) is 10.5 Å². The number of amides is 1. The first-order valence-electron chi connectivity index (χ1n) is 9.05. The summed E-state index contributed by atoms with van der Waals surface area (Å²) < 4.78 is 46.0. The van der Waals surface area contributed by atoms with Crippen LogP contribution in [-0.4, -0.2) is 27.3 Å². The van der Waals surface area contributed by atoms with Crippen LogP contribution < -0.4 is 10.9 Å². The van der Waals surface area contributed by atoms with Gasteiger partial charge in [-0.2, -0.15) is 13.2 Å². The fraction of sp³-hybridized carbons (Fsp3) is 0.250. The minimum Gasteiger partial charge on any atom is -0.396 e. The summed E-state index contributed by atoms with van der Waals surface area (Å²) in [5, 5.41) is 15.2. The Hall–Kier alpha value is -2.67. The molecule has 0 aliphatic heterocycles. The molecular weight excluding hydrogens is 530 g/mol. The predicted octanol–water partition coefficient (Wildman–Crippen LogP) is 3.22. The van der Waals surface area contributed by atoms with Crippen LogP contribution in [0.1, 0.15) is 33.1 Å². The molecule has 1 aromatic carbocycles. The van der Waals surface area contributed by atoms with Gasteiger partial charge in [0.2, 0.25) is 0 Å². The van der Waals surface area contributed by atoms with Crippen molar-refractivity contribution >= 4 is 28.5 Å².